The van der Waals surface area contributed by atoms with Gasteiger partial charge in [0.15, 0.2) is 0 Å². The molecule has 0 saturated heterocycles. The highest BCUT2D eigenvalue weighted by Crippen LogP contribution is 2.36. The normalized spacial score (nSPS) is 14.2. The van der Waals surface area contributed by atoms with Crippen LogP contribution in [0.3, 0.4) is 0 Å². The van der Waals surface area contributed by atoms with E-state index in [9.17, 15) is 14.9 Å². The number of hydrogen-bond acceptors (Lipinski definition) is 6. The summed E-state index contributed by atoms with van der Waals surface area (Å²) in [6, 6.07) is 0.146. The molecule has 1 aromatic heterocycles. The molecule has 0 atom stereocenters. The molecule has 0 N–H and O–H groups in total. The minimum absolute atomic E-state index is 0.0122. The average molecular weight is 282 g/mol. The Morgan fingerprint density at radius 3 is 2.75 bits per heavy atom. The van der Waals surface area contributed by atoms with Crippen LogP contribution in [-0.4, -0.2) is 39.6 Å². The van der Waals surface area contributed by atoms with E-state index in [1.54, 1.807) is 30.4 Å². The van der Waals surface area contributed by atoms with E-state index in [4.69, 9.17) is 4.74 Å². The van der Waals surface area contributed by atoms with Crippen molar-refractivity contribution < 1.29 is 14.5 Å². The first-order valence-corrected chi connectivity index (χ1v) is 6.55. The third-order valence-electron chi connectivity index (χ3n) is 3.31. The van der Waals surface area contributed by atoms with Crippen LogP contribution in [-0.2, 0) is 16.6 Å². The molecule has 0 unspecified atom stereocenters. The van der Waals surface area contributed by atoms with Gasteiger partial charge in [-0.15, -0.1) is 0 Å². The third-order valence-corrected chi connectivity index (χ3v) is 3.31. The summed E-state index contributed by atoms with van der Waals surface area (Å²) in [5, 5.41) is 11.1. The summed E-state index contributed by atoms with van der Waals surface area (Å²) in [4.78, 5) is 28.0. The lowest BCUT2D eigenvalue weighted by atomic mass is 10.4. The van der Waals surface area contributed by atoms with E-state index in [-0.39, 0.29) is 24.4 Å². The summed E-state index contributed by atoms with van der Waals surface area (Å²) in [6.45, 7) is 3.74. The molecular weight excluding hydrogens is 264 g/mol. The third kappa shape index (κ3) is 2.73. The Morgan fingerprint density at radius 1 is 1.60 bits per heavy atom. The van der Waals surface area contributed by atoms with Crippen molar-refractivity contribution in [2.45, 2.75) is 32.7 Å². The molecule has 0 spiro atoms. The zero-order chi connectivity index (χ0) is 14.9. The van der Waals surface area contributed by atoms with Gasteiger partial charge in [0.2, 0.25) is 11.6 Å². The molecule has 1 saturated carbocycles. The van der Waals surface area contributed by atoms with Gasteiger partial charge in [-0.05, 0) is 29.7 Å². The first-order chi connectivity index (χ1) is 9.45. The van der Waals surface area contributed by atoms with Crippen LogP contribution in [0.4, 0.5) is 11.6 Å². The Kier molecular flexibility index (Phi) is 3.91. The van der Waals surface area contributed by atoms with Crippen LogP contribution < -0.4 is 4.90 Å². The number of aryl methyl sites for hydroxylation is 1. The average Bonchev–Trinajstić information content (AvgIpc) is 3.16. The van der Waals surface area contributed by atoms with Crippen molar-refractivity contribution in [3.8, 4) is 0 Å². The summed E-state index contributed by atoms with van der Waals surface area (Å²) >= 11 is 0. The highest BCUT2D eigenvalue weighted by atomic mass is 16.6. The maximum atomic E-state index is 11.7. The van der Waals surface area contributed by atoms with E-state index in [0.29, 0.717) is 18.2 Å². The second kappa shape index (κ2) is 5.48. The van der Waals surface area contributed by atoms with Crippen molar-refractivity contribution in [2.75, 3.05) is 18.1 Å². The Labute approximate surface area is 116 Å². The first-order valence-electron chi connectivity index (χ1n) is 6.55. The molecule has 20 heavy (non-hydrogen) atoms. The number of anilines is 1. The number of carbonyl (C=O) groups is 1. The molecule has 0 amide bonds. The second-order valence-corrected chi connectivity index (χ2v) is 4.79. The number of hydrogen-bond donors (Lipinski definition) is 0. The zero-order valence-corrected chi connectivity index (χ0v) is 11.8. The highest BCUT2D eigenvalue weighted by Gasteiger charge is 2.38. The van der Waals surface area contributed by atoms with Gasteiger partial charge >= 0.3 is 11.8 Å². The maximum Gasteiger partial charge on any atom is 0.406 e. The quantitative estimate of drug-likeness (QED) is 0.442. The molecule has 8 heteroatoms. The molecular formula is C12H18N4O4. The Balaban J connectivity index is 2.34. The Morgan fingerprint density at radius 2 is 2.25 bits per heavy atom. The molecule has 0 radical (unpaired) electrons. The molecule has 1 heterocycles. The minimum Gasteiger partial charge on any atom is -0.465 e. The molecule has 1 aliphatic carbocycles. The second-order valence-electron chi connectivity index (χ2n) is 4.79. The fourth-order valence-corrected chi connectivity index (χ4v) is 2.13. The molecule has 1 fully saturated rings. The van der Waals surface area contributed by atoms with Crippen LogP contribution in [0.5, 0.6) is 0 Å². The molecule has 1 aromatic rings. The van der Waals surface area contributed by atoms with Crippen LogP contribution in [0.25, 0.3) is 0 Å². The number of nitro groups is 1. The van der Waals surface area contributed by atoms with Crippen LogP contribution in [0.1, 0.15) is 25.6 Å². The number of carbonyl (C=O) groups excluding carboxylic acids is 1. The predicted molar refractivity (Wildman–Crippen MR) is 71.6 cm³/mol. The molecule has 0 bridgehead atoms. The van der Waals surface area contributed by atoms with Crippen LogP contribution in [0.2, 0.25) is 0 Å². The van der Waals surface area contributed by atoms with E-state index in [1.165, 1.54) is 0 Å². The van der Waals surface area contributed by atoms with Crippen molar-refractivity contribution in [3.63, 3.8) is 0 Å². The number of rotatable bonds is 6. The van der Waals surface area contributed by atoms with Gasteiger partial charge in [-0.2, -0.15) is 0 Å². The van der Waals surface area contributed by atoms with Gasteiger partial charge in [-0.1, -0.05) is 0 Å². The van der Waals surface area contributed by atoms with Gasteiger partial charge in [0, 0.05) is 20.0 Å². The summed E-state index contributed by atoms with van der Waals surface area (Å²) in [7, 11) is 1.71. The van der Waals surface area contributed by atoms with E-state index in [2.05, 4.69) is 4.98 Å². The summed E-state index contributed by atoms with van der Waals surface area (Å²) in [5.41, 5.74) is 0. The number of ether oxygens (including phenoxy) is 1. The van der Waals surface area contributed by atoms with Gasteiger partial charge in [0.1, 0.15) is 6.54 Å². The monoisotopic (exact) mass is 282 g/mol. The Hall–Kier alpha value is -2.12. The molecule has 8 nitrogen and oxygen atoms in total. The standard InChI is InChI=1S/C12H18N4O4/c1-4-20-10(17)7-15(9-5-6-9)12-11(16(18)19)13-8(2)14(12)3/h9H,4-7H2,1-3H3. The fourth-order valence-electron chi connectivity index (χ4n) is 2.13. The van der Waals surface area contributed by atoms with Gasteiger partial charge < -0.3 is 19.8 Å². The number of aromatic nitrogens is 2. The number of imidazole rings is 1. The van der Waals surface area contributed by atoms with Crippen molar-refractivity contribution in [1.29, 1.82) is 0 Å². The van der Waals surface area contributed by atoms with Crippen LogP contribution >= 0.6 is 0 Å². The van der Waals surface area contributed by atoms with Gasteiger partial charge in [0.05, 0.1) is 6.61 Å². The molecule has 110 valence electrons. The lowest BCUT2D eigenvalue weighted by Crippen LogP contribution is -2.34. The summed E-state index contributed by atoms with van der Waals surface area (Å²) < 4.78 is 6.59. The van der Waals surface area contributed by atoms with Crippen LogP contribution in [0, 0.1) is 17.0 Å². The lowest BCUT2D eigenvalue weighted by Gasteiger charge is -2.22. The van der Waals surface area contributed by atoms with E-state index in [0.717, 1.165) is 12.8 Å². The van der Waals surface area contributed by atoms with Gasteiger partial charge in [-0.25, -0.2) is 0 Å². The van der Waals surface area contributed by atoms with Crippen molar-refractivity contribution in [1.82, 2.24) is 9.55 Å². The first kappa shape index (κ1) is 14.3. The van der Waals surface area contributed by atoms with Crippen LogP contribution in [0.15, 0.2) is 0 Å². The molecule has 1 aliphatic rings. The van der Waals surface area contributed by atoms with Gasteiger partial charge in [-0.3, -0.25) is 9.36 Å². The van der Waals surface area contributed by atoms with Gasteiger partial charge in [0.25, 0.3) is 0 Å². The maximum absolute atomic E-state index is 11.7. The zero-order valence-electron chi connectivity index (χ0n) is 11.8. The SMILES string of the molecule is CCOC(=O)CN(c1c([N+](=O)[O-])nc(C)n1C)C1CC1. The minimum atomic E-state index is -0.511. The van der Waals surface area contributed by atoms with E-state index < -0.39 is 4.92 Å². The van der Waals surface area contributed by atoms with E-state index in [1.807, 2.05) is 0 Å². The fraction of sp³-hybridized carbons (Fsp3) is 0.667. The summed E-state index contributed by atoms with van der Waals surface area (Å²) in [6.07, 6.45) is 1.83. The molecule has 2 rings (SSSR count). The number of nitrogens with zero attached hydrogens (tertiary/aromatic N) is 4. The van der Waals surface area contributed by atoms with Crippen molar-refractivity contribution >= 4 is 17.6 Å². The van der Waals surface area contributed by atoms with Crippen molar-refractivity contribution in [3.05, 3.63) is 15.9 Å². The number of esters is 1. The largest absolute Gasteiger partial charge is 0.465 e. The topological polar surface area (TPSA) is 90.5 Å². The predicted octanol–water partition coefficient (Wildman–Crippen LogP) is 1.17. The van der Waals surface area contributed by atoms with Crippen molar-refractivity contribution in [2.24, 2.45) is 7.05 Å². The lowest BCUT2D eigenvalue weighted by molar-refractivity contribution is -0.388. The molecule has 0 aromatic carbocycles. The highest BCUT2D eigenvalue weighted by molar-refractivity contribution is 5.77. The Bertz CT molecular complexity index is 536. The summed E-state index contributed by atoms with van der Waals surface area (Å²) in [5.74, 6) is 0.331. The smallest absolute Gasteiger partial charge is 0.406 e. The van der Waals surface area contributed by atoms with E-state index >= 15 is 0 Å². The molecule has 0 aliphatic heterocycles.